The monoisotopic (exact) mass is 388 g/mol. The van der Waals surface area contributed by atoms with Gasteiger partial charge in [-0.1, -0.05) is 12.1 Å². The van der Waals surface area contributed by atoms with Crippen LogP contribution in [0.1, 0.15) is 29.6 Å². The molecule has 0 unspecified atom stereocenters. The van der Waals surface area contributed by atoms with E-state index in [2.05, 4.69) is 33.2 Å². The van der Waals surface area contributed by atoms with Gasteiger partial charge in [-0.05, 0) is 67.1 Å². The lowest BCUT2D eigenvalue weighted by atomic mass is 10.1. The number of rotatable bonds is 6. The summed E-state index contributed by atoms with van der Waals surface area (Å²) in [7, 11) is 0. The molecule has 0 aromatic heterocycles. The Morgan fingerprint density at radius 1 is 1.35 bits per heavy atom. The van der Waals surface area contributed by atoms with Crippen molar-refractivity contribution in [2.75, 3.05) is 26.2 Å². The highest BCUT2D eigenvalue weighted by Gasteiger charge is 2.13. The molecular formula is C15H21IN2O2. The van der Waals surface area contributed by atoms with E-state index in [1.807, 2.05) is 24.3 Å². The van der Waals surface area contributed by atoms with Crippen LogP contribution in [0.3, 0.4) is 0 Å². The molecule has 1 aromatic rings. The molecule has 1 heterocycles. The molecule has 1 fully saturated rings. The van der Waals surface area contributed by atoms with E-state index in [0.717, 1.165) is 48.1 Å². The highest BCUT2D eigenvalue weighted by atomic mass is 127. The Balaban J connectivity index is 1.61. The lowest BCUT2D eigenvalue weighted by Crippen LogP contribution is -2.33. The van der Waals surface area contributed by atoms with Crippen molar-refractivity contribution in [2.24, 2.45) is 0 Å². The van der Waals surface area contributed by atoms with E-state index in [1.165, 1.54) is 0 Å². The van der Waals surface area contributed by atoms with Crippen LogP contribution >= 0.6 is 22.6 Å². The van der Waals surface area contributed by atoms with Gasteiger partial charge in [-0.15, -0.1) is 0 Å². The lowest BCUT2D eigenvalue weighted by molar-refractivity contribution is 0.0318. The summed E-state index contributed by atoms with van der Waals surface area (Å²) in [6.45, 7) is 3.48. The lowest BCUT2D eigenvalue weighted by Gasteiger charge is -2.22. The second kappa shape index (κ2) is 8.59. The van der Waals surface area contributed by atoms with Gasteiger partial charge >= 0.3 is 0 Å². The number of halogens is 1. The minimum atomic E-state index is -0.00290. The van der Waals surface area contributed by atoms with Crippen LogP contribution in [-0.4, -0.2) is 38.3 Å². The van der Waals surface area contributed by atoms with Crippen LogP contribution in [0.25, 0.3) is 0 Å². The first-order valence-corrected chi connectivity index (χ1v) is 8.20. The van der Waals surface area contributed by atoms with Gasteiger partial charge in [0.2, 0.25) is 0 Å². The number of nitrogens with one attached hydrogen (secondary N) is 2. The van der Waals surface area contributed by atoms with Gasteiger partial charge in [-0.25, -0.2) is 0 Å². The average Bonchev–Trinajstić information content (AvgIpc) is 2.48. The molecule has 2 N–H and O–H groups in total. The molecule has 110 valence electrons. The van der Waals surface area contributed by atoms with Crippen LogP contribution in [0.15, 0.2) is 24.3 Å². The Labute approximate surface area is 133 Å². The number of carbonyl (C=O) groups excluding carboxylic acids is 1. The SMILES string of the molecule is O=C(NCCCOC1CCNCC1)c1ccccc1I. The normalized spacial score (nSPS) is 16.1. The molecule has 1 aromatic carbocycles. The third-order valence-corrected chi connectivity index (χ3v) is 4.31. The van der Waals surface area contributed by atoms with Gasteiger partial charge in [0.25, 0.3) is 5.91 Å². The Morgan fingerprint density at radius 2 is 2.10 bits per heavy atom. The quantitative estimate of drug-likeness (QED) is 0.580. The summed E-state index contributed by atoms with van der Waals surface area (Å²) in [6.07, 6.45) is 3.43. The highest BCUT2D eigenvalue weighted by molar-refractivity contribution is 14.1. The maximum absolute atomic E-state index is 12.0. The van der Waals surface area contributed by atoms with Crippen molar-refractivity contribution in [2.45, 2.75) is 25.4 Å². The van der Waals surface area contributed by atoms with E-state index in [-0.39, 0.29) is 5.91 Å². The summed E-state index contributed by atoms with van der Waals surface area (Å²) in [6, 6.07) is 7.61. The van der Waals surface area contributed by atoms with Crippen molar-refractivity contribution in [3.05, 3.63) is 33.4 Å². The molecule has 1 saturated heterocycles. The maximum Gasteiger partial charge on any atom is 0.252 e. The summed E-state index contributed by atoms with van der Waals surface area (Å²) in [5.74, 6) is -0.00290. The molecule has 2 rings (SSSR count). The summed E-state index contributed by atoms with van der Waals surface area (Å²) in [5.41, 5.74) is 0.743. The standard InChI is InChI=1S/C15H21IN2O2/c16-14-5-2-1-4-13(14)15(19)18-8-3-11-20-12-6-9-17-10-7-12/h1-2,4-5,12,17H,3,6-11H2,(H,18,19). The van der Waals surface area contributed by atoms with Gasteiger partial charge in [0.05, 0.1) is 11.7 Å². The van der Waals surface area contributed by atoms with Crippen molar-refractivity contribution in [3.8, 4) is 0 Å². The van der Waals surface area contributed by atoms with Crippen molar-refractivity contribution < 1.29 is 9.53 Å². The maximum atomic E-state index is 12.0. The van der Waals surface area contributed by atoms with Crippen molar-refractivity contribution in [3.63, 3.8) is 0 Å². The topological polar surface area (TPSA) is 50.4 Å². The van der Waals surface area contributed by atoms with Crippen molar-refractivity contribution in [1.29, 1.82) is 0 Å². The Hall–Kier alpha value is -0.660. The number of benzene rings is 1. The third-order valence-electron chi connectivity index (χ3n) is 3.36. The number of amides is 1. The van der Waals surface area contributed by atoms with E-state index < -0.39 is 0 Å². The zero-order valence-electron chi connectivity index (χ0n) is 11.5. The smallest absolute Gasteiger partial charge is 0.252 e. The molecule has 1 amide bonds. The molecule has 0 atom stereocenters. The van der Waals surface area contributed by atoms with Crippen LogP contribution in [0.5, 0.6) is 0 Å². The Morgan fingerprint density at radius 3 is 2.85 bits per heavy atom. The van der Waals surface area contributed by atoms with E-state index >= 15 is 0 Å². The molecule has 4 nitrogen and oxygen atoms in total. The van der Waals surface area contributed by atoms with E-state index in [9.17, 15) is 4.79 Å². The fourth-order valence-corrected chi connectivity index (χ4v) is 2.86. The molecule has 1 aliphatic heterocycles. The van der Waals surface area contributed by atoms with Gasteiger partial charge in [-0.3, -0.25) is 4.79 Å². The minimum Gasteiger partial charge on any atom is -0.378 e. The summed E-state index contributed by atoms with van der Waals surface area (Å²) in [5, 5.41) is 6.26. The second-order valence-electron chi connectivity index (χ2n) is 4.91. The Kier molecular flexibility index (Phi) is 6.75. The van der Waals surface area contributed by atoms with Crippen molar-refractivity contribution in [1.82, 2.24) is 10.6 Å². The molecule has 0 saturated carbocycles. The second-order valence-corrected chi connectivity index (χ2v) is 6.07. The molecule has 1 aliphatic rings. The molecule has 0 aliphatic carbocycles. The largest absolute Gasteiger partial charge is 0.378 e. The molecule has 0 spiro atoms. The fraction of sp³-hybridized carbons (Fsp3) is 0.533. The number of hydrogen-bond donors (Lipinski definition) is 2. The van der Waals surface area contributed by atoms with Crippen LogP contribution in [0, 0.1) is 3.57 Å². The predicted octanol–water partition coefficient (Wildman–Crippen LogP) is 2.18. The first kappa shape index (κ1) is 15.7. The number of piperidine rings is 1. The summed E-state index contributed by atoms with van der Waals surface area (Å²) < 4.78 is 6.78. The zero-order chi connectivity index (χ0) is 14.2. The first-order chi connectivity index (χ1) is 9.77. The third kappa shape index (κ3) is 5.03. The van der Waals surface area contributed by atoms with E-state index in [0.29, 0.717) is 12.6 Å². The molecule has 5 heteroatoms. The van der Waals surface area contributed by atoms with Gasteiger partial charge < -0.3 is 15.4 Å². The van der Waals surface area contributed by atoms with Crippen LogP contribution < -0.4 is 10.6 Å². The zero-order valence-corrected chi connectivity index (χ0v) is 13.7. The fourth-order valence-electron chi connectivity index (χ4n) is 2.23. The molecule has 20 heavy (non-hydrogen) atoms. The molecule has 0 bridgehead atoms. The summed E-state index contributed by atoms with van der Waals surface area (Å²) >= 11 is 2.18. The number of carbonyl (C=O) groups is 1. The van der Waals surface area contributed by atoms with Crippen LogP contribution in [0.2, 0.25) is 0 Å². The highest BCUT2D eigenvalue weighted by Crippen LogP contribution is 2.11. The predicted molar refractivity (Wildman–Crippen MR) is 88.0 cm³/mol. The van der Waals surface area contributed by atoms with Gasteiger partial charge in [0.15, 0.2) is 0 Å². The van der Waals surface area contributed by atoms with E-state index in [1.54, 1.807) is 0 Å². The molecule has 0 radical (unpaired) electrons. The number of ether oxygens (including phenoxy) is 1. The van der Waals surface area contributed by atoms with Crippen LogP contribution in [-0.2, 0) is 4.74 Å². The van der Waals surface area contributed by atoms with Crippen LogP contribution in [0.4, 0.5) is 0 Å². The number of hydrogen-bond acceptors (Lipinski definition) is 3. The summed E-state index contributed by atoms with van der Waals surface area (Å²) in [4.78, 5) is 12.0. The van der Waals surface area contributed by atoms with Crippen molar-refractivity contribution >= 4 is 28.5 Å². The van der Waals surface area contributed by atoms with Gasteiger partial charge in [0, 0.05) is 16.7 Å². The average molecular weight is 388 g/mol. The van der Waals surface area contributed by atoms with E-state index in [4.69, 9.17) is 4.74 Å². The Bertz CT molecular complexity index is 434. The van der Waals surface area contributed by atoms with Gasteiger partial charge in [-0.2, -0.15) is 0 Å². The molecular weight excluding hydrogens is 367 g/mol. The minimum absolute atomic E-state index is 0.00290. The van der Waals surface area contributed by atoms with Gasteiger partial charge in [0.1, 0.15) is 0 Å². The first-order valence-electron chi connectivity index (χ1n) is 7.12.